The van der Waals surface area contributed by atoms with E-state index < -0.39 is 17.7 Å². The highest BCUT2D eigenvalue weighted by atomic mass is 19.1. The Balaban J connectivity index is 1.98. The zero-order chi connectivity index (χ0) is 14.5. The fourth-order valence-corrected chi connectivity index (χ4v) is 2.00. The van der Waals surface area contributed by atoms with E-state index >= 15 is 0 Å². The molecule has 0 saturated heterocycles. The molecule has 1 unspecified atom stereocenters. The average Bonchev–Trinajstić information content (AvgIpc) is 2.38. The van der Waals surface area contributed by atoms with Gasteiger partial charge in [0.25, 0.3) is 0 Å². The summed E-state index contributed by atoms with van der Waals surface area (Å²) in [5, 5.41) is 9.96. The van der Waals surface area contributed by atoms with Crippen LogP contribution in [0, 0.1) is 11.6 Å². The fraction of sp³-hybridized carbons (Fsp3) is 0.267. The van der Waals surface area contributed by atoms with Crippen molar-refractivity contribution in [3.8, 4) is 5.88 Å². The summed E-state index contributed by atoms with van der Waals surface area (Å²) in [5.41, 5.74) is 1.26. The molecule has 3 nitrogen and oxygen atoms in total. The van der Waals surface area contributed by atoms with Crippen molar-refractivity contribution in [2.45, 2.75) is 18.9 Å². The van der Waals surface area contributed by atoms with E-state index in [1.807, 2.05) is 0 Å². The maximum Gasteiger partial charge on any atom is 0.212 e. The van der Waals surface area contributed by atoms with Crippen LogP contribution < -0.4 is 4.74 Å². The van der Waals surface area contributed by atoms with E-state index in [9.17, 15) is 13.9 Å². The van der Waals surface area contributed by atoms with Gasteiger partial charge in [-0.25, -0.2) is 13.8 Å². The maximum absolute atomic E-state index is 13.0. The molecule has 0 bridgehead atoms. The Kier molecular flexibility index (Phi) is 4.63. The van der Waals surface area contributed by atoms with Gasteiger partial charge in [-0.05, 0) is 29.7 Å². The molecule has 0 aliphatic heterocycles. The Morgan fingerprint density at radius 3 is 2.30 bits per heavy atom. The minimum absolute atomic E-state index is 0.181. The zero-order valence-corrected chi connectivity index (χ0v) is 11.0. The Bertz CT molecular complexity index is 552. The molecule has 2 aromatic rings. The molecule has 2 rings (SSSR count). The molecule has 20 heavy (non-hydrogen) atoms. The van der Waals surface area contributed by atoms with Gasteiger partial charge in [-0.2, -0.15) is 0 Å². The van der Waals surface area contributed by atoms with E-state index in [1.165, 1.54) is 19.2 Å². The standard InChI is InChI=1S/C15H15F2NO2/c1-20-15-3-2-10(9-18-15)6-14(19)7-11-4-12(16)8-13(17)5-11/h2-5,8-9,14,19H,6-7H2,1H3. The Morgan fingerprint density at radius 2 is 1.75 bits per heavy atom. The van der Waals surface area contributed by atoms with Crippen molar-refractivity contribution in [1.82, 2.24) is 4.98 Å². The molecule has 1 aromatic carbocycles. The average molecular weight is 279 g/mol. The molecule has 5 heteroatoms. The summed E-state index contributed by atoms with van der Waals surface area (Å²) in [5.74, 6) is -0.785. The summed E-state index contributed by atoms with van der Waals surface area (Å²) in [6, 6.07) is 6.74. The topological polar surface area (TPSA) is 42.4 Å². The van der Waals surface area contributed by atoms with Gasteiger partial charge in [-0.1, -0.05) is 6.07 Å². The van der Waals surface area contributed by atoms with Gasteiger partial charge >= 0.3 is 0 Å². The van der Waals surface area contributed by atoms with Crippen LogP contribution in [0.3, 0.4) is 0 Å². The summed E-state index contributed by atoms with van der Waals surface area (Å²) >= 11 is 0. The van der Waals surface area contributed by atoms with Crippen LogP contribution in [-0.2, 0) is 12.8 Å². The van der Waals surface area contributed by atoms with E-state index in [0.717, 1.165) is 11.6 Å². The van der Waals surface area contributed by atoms with E-state index in [-0.39, 0.29) is 6.42 Å². The minimum Gasteiger partial charge on any atom is -0.481 e. The second-order valence-corrected chi connectivity index (χ2v) is 4.55. The van der Waals surface area contributed by atoms with Crippen molar-refractivity contribution in [1.29, 1.82) is 0 Å². The number of aliphatic hydroxyl groups excluding tert-OH is 1. The lowest BCUT2D eigenvalue weighted by Crippen LogP contribution is -2.14. The molecule has 0 aliphatic rings. The second kappa shape index (κ2) is 6.43. The van der Waals surface area contributed by atoms with E-state index in [2.05, 4.69) is 4.98 Å². The Morgan fingerprint density at radius 1 is 1.10 bits per heavy atom. The minimum atomic E-state index is -0.730. The SMILES string of the molecule is COc1ccc(CC(O)Cc2cc(F)cc(F)c2)cn1. The first-order valence-corrected chi connectivity index (χ1v) is 6.19. The first kappa shape index (κ1) is 14.4. The molecule has 0 saturated carbocycles. The highest BCUT2D eigenvalue weighted by molar-refractivity contribution is 5.21. The summed E-state index contributed by atoms with van der Waals surface area (Å²) in [7, 11) is 1.52. The molecule has 1 aromatic heterocycles. The smallest absolute Gasteiger partial charge is 0.212 e. The van der Waals surface area contributed by atoms with Gasteiger partial charge in [0.2, 0.25) is 5.88 Å². The van der Waals surface area contributed by atoms with E-state index in [1.54, 1.807) is 18.3 Å². The summed E-state index contributed by atoms with van der Waals surface area (Å²) in [6.07, 6.45) is 1.41. The number of ether oxygens (including phenoxy) is 1. The lowest BCUT2D eigenvalue weighted by molar-refractivity contribution is 0.175. The third kappa shape index (κ3) is 3.99. The lowest BCUT2D eigenvalue weighted by atomic mass is 10.0. The molecule has 0 amide bonds. The molecule has 1 heterocycles. The molecule has 106 valence electrons. The zero-order valence-electron chi connectivity index (χ0n) is 11.0. The van der Waals surface area contributed by atoms with Gasteiger partial charge in [0, 0.05) is 24.8 Å². The molecule has 0 aliphatic carbocycles. The van der Waals surface area contributed by atoms with Crippen LogP contribution in [0.4, 0.5) is 8.78 Å². The number of rotatable bonds is 5. The third-order valence-electron chi connectivity index (χ3n) is 2.87. The van der Waals surface area contributed by atoms with E-state index in [0.29, 0.717) is 17.9 Å². The van der Waals surface area contributed by atoms with E-state index in [4.69, 9.17) is 4.74 Å². The van der Waals surface area contributed by atoms with Gasteiger partial charge in [0.15, 0.2) is 0 Å². The van der Waals surface area contributed by atoms with Crippen molar-refractivity contribution in [2.24, 2.45) is 0 Å². The highest BCUT2D eigenvalue weighted by Gasteiger charge is 2.09. The van der Waals surface area contributed by atoms with Gasteiger partial charge in [0.05, 0.1) is 13.2 Å². The Hall–Kier alpha value is -2.01. The van der Waals surface area contributed by atoms with Gasteiger partial charge in [0.1, 0.15) is 11.6 Å². The number of aliphatic hydroxyl groups is 1. The molecule has 1 N–H and O–H groups in total. The molecule has 0 spiro atoms. The van der Waals surface area contributed by atoms with Crippen molar-refractivity contribution < 1.29 is 18.6 Å². The van der Waals surface area contributed by atoms with Crippen LogP contribution in [0.25, 0.3) is 0 Å². The van der Waals surface area contributed by atoms with Crippen LogP contribution >= 0.6 is 0 Å². The van der Waals surface area contributed by atoms with Crippen molar-refractivity contribution >= 4 is 0 Å². The number of nitrogens with zero attached hydrogens (tertiary/aromatic N) is 1. The summed E-state index contributed by atoms with van der Waals surface area (Å²) < 4.78 is 31.0. The van der Waals surface area contributed by atoms with Crippen molar-refractivity contribution in [3.05, 3.63) is 59.3 Å². The largest absolute Gasteiger partial charge is 0.481 e. The van der Waals surface area contributed by atoms with Gasteiger partial charge in [-0.3, -0.25) is 0 Å². The predicted molar refractivity (Wildman–Crippen MR) is 70.6 cm³/mol. The third-order valence-corrected chi connectivity index (χ3v) is 2.87. The first-order chi connectivity index (χ1) is 9.56. The number of hydrogen-bond acceptors (Lipinski definition) is 3. The van der Waals surface area contributed by atoms with Crippen LogP contribution in [0.5, 0.6) is 5.88 Å². The number of halogens is 2. The van der Waals surface area contributed by atoms with Crippen LogP contribution in [0.15, 0.2) is 36.5 Å². The molecular formula is C15H15F2NO2. The number of hydrogen-bond donors (Lipinski definition) is 1. The van der Waals surface area contributed by atoms with Crippen molar-refractivity contribution in [2.75, 3.05) is 7.11 Å². The van der Waals surface area contributed by atoms with Crippen LogP contribution in [0.2, 0.25) is 0 Å². The summed E-state index contributed by atoms with van der Waals surface area (Å²) in [6.45, 7) is 0. The molecule has 0 fully saturated rings. The van der Waals surface area contributed by atoms with Crippen LogP contribution in [-0.4, -0.2) is 23.3 Å². The quantitative estimate of drug-likeness (QED) is 0.914. The van der Waals surface area contributed by atoms with Crippen molar-refractivity contribution in [3.63, 3.8) is 0 Å². The van der Waals surface area contributed by atoms with Gasteiger partial charge < -0.3 is 9.84 Å². The normalized spacial score (nSPS) is 12.2. The molecule has 0 radical (unpaired) electrons. The summed E-state index contributed by atoms with van der Waals surface area (Å²) in [4.78, 5) is 4.03. The number of benzene rings is 1. The van der Waals surface area contributed by atoms with Crippen LogP contribution in [0.1, 0.15) is 11.1 Å². The molecular weight excluding hydrogens is 264 g/mol. The maximum atomic E-state index is 13.0. The predicted octanol–water partition coefficient (Wildman–Crippen LogP) is 2.51. The number of methoxy groups -OCH3 is 1. The fourth-order valence-electron chi connectivity index (χ4n) is 2.00. The lowest BCUT2D eigenvalue weighted by Gasteiger charge is -2.11. The Labute approximate surface area is 115 Å². The first-order valence-electron chi connectivity index (χ1n) is 6.19. The molecule has 1 atom stereocenters. The highest BCUT2D eigenvalue weighted by Crippen LogP contribution is 2.13. The van der Waals surface area contributed by atoms with Gasteiger partial charge in [-0.15, -0.1) is 0 Å². The second-order valence-electron chi connectivity index (χ2n) is 4.55. The number of aromatic nitrogens is 1. The number of pyridine rings is 1. The monoisotopic (exact) mass is 279 g/mol.